The van der Waals surface area contributed by atoms with Crippen molar-refractivity contribution < 1.29 is 28.7 Å². The summed E-state index contributed by atoms with van der Waals surface area (Å²) in [6.07, 6.45) is 0. The van der Waals surface area contributed by atoms with Crippen LogP contribution in [0.2, 0.25) is 0 Å². The molecule has 0 saturated carbocycles. The standard InChI is InChI=1S/C11H14N2O6/c1-5(2)13-8(14)7(12-11(13)17)6(9(15)18-3)10(16)19-4/h5H,1-4H3,(H,12,17). The molecule has 1 rings (SSSR count). The average molecular weight is 270 g/mol. The number of carbonyl (C=O) groups is 4. The fraction of sp³-hybridized carbons (Fsp3) is 0.455. The molecule has 0 unspecified atom stereocenters. The second-order valence-electron chi connectivity index (χ2n) is 3.93. The van der Waals surface area contributed by atoms with Gasteiger partial charge in [0.2, 0.25) is 0 Å². The van der Waals surface area contributed by atoms with Gasteiger partial charge in [0.25, 0.3) is 5.91 Å². The predicted octanol–water partition coefficient (Wildman–Crippen LogP) is -0.453. The molecule has 1 saturated heterocycles. The minimum absolute atomic E-state index is 0.415. The first-order chi connectivity index (χ1) is 8.84. The number of nitrogens with zero attached hydrogens (tertiary/aromatic N) is 1. The molecule has 8 nitrogen and oxygen atoms in total. The fourth-order valence-electron chi connectivity index (χ4n) is 1.56. The van der Waals surface area contributed by atoms with E-state index in [-0.39, 0.29) is 0 Å². The van der Waals surface area contributed by atoms with E-state index in [1.165, 1.54) is 0 Å². The Morgan fingerprint density at radius 1 is 1.11 bits per heavy atom. The Morgan fingerprint density at radius 3 is 1.89 bits per heavy atom. The highest BCUT2D eigenvalue weighted by molar-refractivity contribution is 6.23. The van der Waals surface area contributed by atoms with E-state index < -0.39 is 41.2 Å². The minimum atomic E-state index is -1.05. The molecular formula is C11H14N2O6. The summed E-state index contributed by atoms with van der Waals surface area (Å²) in [5.41, 5.74) is -1.07. The Morgan fingerprint density at radius 2 is 1.58 bits per heavy atom. The van der Waals surface area contributed by atoms with E-state index >= 15 is 0 Å². The zero-order valence-electron chi connectivity index (χ0n) is 11.0. The third kappa shape index (κ3) is 2.56. The van der Waals surface area contributed by atoms with Crippen LogP contribution in [0.3, 0.4) is 0 Å². The Bertz CT molecular complexity index is 462. The third-order valence-electron chi connectivity index (χ3n) is 2.43. The second-order valence-corrected chi connectivity index (χ2v) is 3.93. The molecule has 1 aliphatic rings. The first-order valence-corrected chi connectivity index (χ1v) is 5.40. The summed E-state index contributed by atoms with van der Waals surface area (Å²) in [5.74, 6) is -2.88. The molecule has 0 aliphatic carbocycles. The number of rotatable bonds is 3. The van der Waals surface area contributed by atoms with E-state index in [9.17, 15) is 19.2 Å². The maximum absolute atomic E-state index is 12.0. The molecule has 0 aromatic heterocycles. The van der Waals surface area contributed by atoms with Gasteiger partial charge >= 0.3 is 18.0 Å². The Hall–Kier alpha value is -2.38. The first-order valence-electron chi connectivity index (χ1n) is 5.40. The van der Waals surface area contributed by atoms with Gasteiger partial charge in [-0.15, -0.1) is 0 Å². The first kappa shape index (κ1) is 14.7. The number of ether oxygens (including phenoxy) is 2. The van der Waals surface area contributed by atoms with Gasteiger partial charge in [-0.1, -0.05) is 0 Å². The Kier molecular flexibility index (Phi) is 4.26. The maximum atomic E-state index is 12.0. The number of imide groups is 1. The molecule has 1 N–H and O–H groups in total. The highest BCUT2D eigenvalue weighted by Gasteiger charge is 2.41. The van der Waals surface area contributed by atoms with Gasteiger partial charge in [0, 0.05) is 6.04 Å². The molecule has 0 atom stereocenters. The van der Waals surface area contributed by atoms with Crippen LogP contribution >= 0.6 is 0 Å². The number of amides is 3. The zero-order chi connectivity index (χ0) is 14.7. The SMILES string of the molecule is COC(=O)C(C(=O)OC)=C1NC(=O)N(C(C)C)C1=O. The van der Waals surface area contributed by atoms with Crippen LogP contribution in [0.5, 0.6) is 0 Å². The summed E-state index contributed by atoms with van der Waals surface area (Å²) in [7, 11) is 2.10. The van der Waals surface area contributed by atoms with Crippen LogP contribution < -0.4 is 5.32 Å². The van der Waals surface area contributed by atoms with Crippen LogP contribution in [-0.2, 0) is 23.9 Å². The van der Waals surface area contributed by atoms with E-state index in [1.807, 2.05) is 0 Å². The van der Waals surface area contributed by atoms with E-state index in [2.05, 4.69) is 14.8 Å². The number of urea groups is 1. The molecule has 1 aliphatic heterocycles. The van der Waals surface area contributed by atoms with E-state index in [0.29, 0.717) is 0 Å². The number of methoxy groups -OCH3 is 2. The van der Waals surface area contributed by atoms with E-state index in [0.717, 1.165) is 19.1 Å². The number of carbonyl (C=O) groups excluding carboxylic acids is 4. The van der Waals surface area contributed by atoms with Crippen LogP contribution in [0, 0.1) is 0 Å². The molecule has 3 amide bonds. The van der Waals surface area contributed by atoms with Crippen molar-refractivity contribution in [3.05, 3.63) is 11.3 Å². The number of hydrogen-bond donors (Lipinski definition) is 1. The quantitative estimate of drug-likeness (QED) is 0.245. The second kappa shape index (κ2) is 5.51. The van der Waals surface area contributed by atoms with Crippen molar-refractivity contribution in [3.8, 4) is 0 Å². The molecule has 0 aromatic carbocycles. The summed E-state index contributed by atoms with van der Waals surface area (Å²) < 4.78 is 8.81. The lowest BCUT2D eigenvalue weighted by molar-refractivity contribution is -0.144. The summed E-state index contributed by atoms with van der Waals surface area (Å²) in [6.45, 7) is 3.24. The summed E-state index contributed by atoms with van der Waals surface area (Å²) >= 11 is 0. The zero-order valence-corrected chi connectivity index (χ0v) is 11.0. The molecule has 1 fully saturated rings. The van der Waals surface area contributed by atoms with Gasteiger partial charge < -0.3 is 14.8 Å². The number of hydrogen-bond acceptors (Lipinski definition) is 6. The smallest absolute Gasteiger partial charge is 0.347 e. The molecule has 1 heterocycles. The van der Waals surface area contributed by atoms with Crippen molar-refractivity contribution in [1.29, 1.82) is 0 Å². The molecule has 0 radical (unpaired) electrons. The third-order valence-corrected chi connectivity index (χ3v) is 2.43. The molecule has 0 spiro atoms. The number of nitrogens with one attached hydrogen (secondary N) is 1. The van der Waals surface area contributed by atoms with Crippen LogP contribution in [0.1, 0.15) is 13.8 Å². The predicted molar refractivity (Wildman–Crippen MR) is 61.6 cm³/mol. The van der Waals surface area contributed by atoms with Gasteiger partial charge in [-0.3, -0.25) is 9.69 Å². The number of esters is 2. The van der Waals surface area contributed by atoms with Crippen molar-refractivity contribution in [2.45, 2.75) is 19.9 Å². The van der Waals surface area contributed by atoms with Crippen LogP contribution in [0.25, 0.3) is 0 Å². The topological polar surface area (TPSA) is 102 Å². The van der Waals surface area contributed by atoms with Crippen molar-refractivity contribution in [1.82, 2.24) is 10.2 Å². The Labute approximate surface area is 109 Å². The molecule has 0 aromatic rings. The van der Waals surface area contributed by atoms with Crippen molar-refractivity contribution >= 4 is 23.9 Å². The lowest BCUT2D eigenvalue weighted by Crippen LogP contribution is -2.36. The normalized spacial score (nSPS) is 14.6. The summed E-state index contributed by atoms with van der Waals surface area (Å²) in [5, 5.41) is 2.18. The highest BCUT2D eigenvalue weighted by Crippen LogP contribution is 2.18. The molecular weight excluding hydrogens is 256 g/mol. The van der Waals surface area contributed by atoms with Crippen LogP contribution in [0.4, 0.5) is 4.79 Å². The summed E-state index contributed by atoms with van der Waals surface area (Å²) in [4.78, 5) is 47.6. The van der Waals surface area contributed by atoms with Gasteiger partial charge in [-0.25, -0.2) is 14.4 Å². The van der Waals surface area contributed by atoms with Crippen molar-refractivity contribution in [2.24, 2.45) is 0 Å². The largest absolute Gasteiger partial charge is 0.465 e. The van der Waals surface area contributed by atoms with E-state index in [1.54, 1.807) is 13.8 Å². The fourth-order valence-corrected chi connectivity index (χ4v) is 1.56. The molecule has 104 valence electrons. The van der Waals surface area contributed by atoms with Gasteiger partial charge in [-0.05, 0) is 13.8 Å². The minimum Gasteiger partial charge on any atom is -0.465 e. The Balaban J connectivity index is 3.33. The van der Waals surface area contributed by atoms with Crippen molar-refractivity contribution in [3.63, 3.8) is 0 Å². The van der Waals surface area contributed by atoms with Gasteiger partial charge in [0.1, 0.15) is 5.70 Å². The highest BCUT2D eigenvalue weighted by atomic mass is 16.5. The molecule has 0 bridgehead atoms. The van der Waals surface area contributed by atoms with Crippen LogP contribution in [-0.4, -0.2) is 49.0 Å². The molecule has 8 heteroatoms. The van der Waals surface area contributed by atoms with E-state index in [4.69, 9.17) is 0 Å². The summed E-state index contributed by atoms with van der Waals surface area (Å²) in [6, 6.07) is -1.12. The monoisotopic (exact) mass is 270 g/mol. The van der Waals surface area contributed by atoms with Gasteiger partial charge in [-0.2, -0.15) is 0 Å². The lowest BCUT2D eigenvalue weighted by atomic mass is 10.2. The lowest BCUT2D eigenvalue weighted by Gasteiger charge is -2.15. The maximum Gasteiger partial charge on any atom is 0.347 e. The average Bonchev–Trinajstić information content (AvgIpc) is 2.64. The van der Waals surface area contributed by atoms with Gasteiger partial charge in [0.15, 0.2) is 5.57 Å². The van der Waals surface area contributed by atoms with Crippen molar-refractivity contribution in [2.75, 3.05) is 14.2 Å². The van der Waals surface area contributed by atoms with Gasteiger partial charge in [0.05, 0.1) is 14.2 Å². The van der Waals surface area contributed by atoms with Crippen LogP contribution in [0.15, 0.2) is 11.3 Å². The molecule has 19 heavy (non-hydrogen) atoms.